The Labute approximate surface area is 156 Å². The lowest BCUT2D eigenvalue weighted by Crippen LogP contribution is -2.07. The molecule has 26 heavy (non-hydrogen) atoms. The average Bonchev–Trinajstić information content (AvgIpc) is 3.29. The van der Waals surface area contributed by atoms with Crippen LogP contribution in [0, 0.1) is 20.8 Å². The lowest BCUT2D eigenvalue weighted by molar-refractivity contribution is 0.102. The van der Waals surface area contributed by atoms with Crippen LogP contribution in [0.1, 0.15) is 46.2 Å². The molecule has 0 unspecified atom stereocenters. The molecule has 0 saturated heterocycles. The van der Waals surface area contributed by atoms with E-state index in [0.717, 1.165) is 40.6 Å². The van der Waals surface area contributed by atoms with Gasteiger partial charge in [-0.05, 0) is 61.7 Å². The summed E-state index contributed by atoms with van der Waals surface area (Å²) in [5, 5.41) is 12.6. The Hall–Kier alpha value is -2.41. The quantitative estimate of drug-likeness (QED) is 0.491. The number of hydrogen-bond donors (Lipinski definition) is 0. The summed E-state index contributed by atoms with van der Waals surface area (Å²) in [5.41, 5.74) is 5.11. The summed E-state index contributed by atoms with van der Waals surface area (Å²) < 4.78 is 4.00. The standard InChI is InChI=1S/C19H21N5OS/c1-12-6-4-5-7-17(12)23-13(2)10-16(14(23)3)18(25)11-26-19-20-21-22-24(19)15-8-9-15/h4-7,10,15H,8-9,11H2,1-3H3. The van der Waals surface area contributed by atoms with Crippen molar-refractivity contribution < 1.29 is 4.79 Å². The molecule has 0 radical (unpaired) electrons. The Morgan fingerprint density at radius 1 is 1.23 bits per heavy atom. The molecule has 1 fully saturated rings. The van der Waals surface area contributed by atoms with Gasteiger partial charge in [0.05, 0.1) is 11.8 Å². The SMILES string of the molecule is Cc1ccccc1-n1c(C)cc(C(=O)CSc2nnnn2C2CC2)c1C. The molecule has 3 aromatic rings. The number of ketones is 1. The number of para-hydroxylation sites is 1. The van der Waals surface area contributed by atoms with Crippen LogP contribution in [0.5, 0.6) is 0 Å². The molecule has 6 nitrogen and oxygen atoms in total. The smallest absolute Gasteiger partial charge is 0.210 e. The molecule has 1 saturated carbocycles. The average molecular weight is 367 g/mol. The van der Waals surface area contributed by atoms with Gasteiger partial charge < -0.3 is 4.57 Å². The third kappa shape index (κ3) is 3.07. The molecule has 0 bridgehead atoms. The predicted molar refractivity (Wildman–Crippen MR) is 101 cm³/mol. The number of nitrogens with zero attached hydrogens (tertiary/aromatic N) is 5. The summed E-state index contributed by atoms with van der Waals surface area (Å²) in [5.74, 6) is 0.443. The van der Waals surface area contributed by atoms with Gasteiger partial charge in [-0.2, -0.15) is 0 Å². The summed E-state index contributed by atoms with van der Waals surface area (Å²) in [6.45, 7) is 6.13. The lowest BCUT2D eigenvalue weighted by atomic mass is 10.1. The molecule has 134 valence electrons. The van der Waals surface area contributed by atoms with Gasteiger partial charge in [0, 0.05) is 22.6 Å². The number of tetrazole rings is 1. The van der Waals surface area contributed by atoms with E-state index in [1.54, 1.807) is 0 Å². The molecule has 0 N–H and O–H groups in total. The second-order valence-corrected chi connectivity index (χ2v) is 7.70. The van der Waals surface area contributed by atoms with Crippen LogP contribution in [-0.2, 0) is 0 Å². The summed E-state index contributed by atoms with van der Waals surface area (Å²) >= 11 is 1.42. The van der Waals surface area contributed by atoms with Crippen molar-refractivity contribution in [1.82, 2.24) is 24.8 Å². The molecule has 7 heteroatoms. The van der Waals surface area contributed by atoms with Crippen LogP contribution in [0.3, 0.4) is 0 Å². The van der Waals surface area contributed by atoms with Crippen molar-refractivity contribution in [2.75, 3.05) is 5.75 Å². The number of aromatic nitrogens is 5. The molecule has 0 atom stereocenters. The summed E-state index contributed by atoms with van der Waals surface area (Å²) in [7, 11) is 0. The first-order valence-electron chi connectivity index (χ1n) is 8.75. The Balaban J connectivity index is 1.56. The van der Waals surface area contributed by atoms with Gasteiger partial charge in [0.15, 0.2) is 5.78 Å². The van der Waals surface area contributed by atoms with Crippen molar-refractivity contribution in [2.24, 2.45) is 0 Å². The van der Waals surface area contributed by atoms with E-state index in [1.807, 2.05) is 36.7 Å². The molecule has 0 amide bonds. The van der Waals surface area contributed by atoms with E-state index in [2.05, 4.69) is 39.1 Å². The van der Waals surface area contributed by atoms with Gasteiger partial charge in [0.25, 0.3) is 0 Å². The minimum absolute atomic E-state index is 0.105. The Bertz CT molecular complexity index is 970. The minimum Gasteiger partial charge on any atom is -0.318 e. The maximum Gasteiger partial charge on any atom is 0.210 e. The van der Waals surface area contributed by atoms with Crippen LogP contribution in [-0.4, -0.2) is 36.3 Å². The van der Waals surface area contributed by atoms with Gasteiger partial charge in [-0.25, -0.2) is 4.68 Å². The zero-order chi connectivity index (χ0) is 18.3. The summed E-state index contributed by atoms with van der Waals surface area (Å²) in [4.78, 5) is 12.8. The first kappa shape index (κ1) is 17.0. The number of aryl methyl sites for hydroxylation is 2. The topological polar surface area (TPSA) is 65.6 Å². The lowest BCUT2D eigenvalue weighted by Gasteiger charge is -2.12. The predicted octanol–water partition coefficient (Wildman–Crippen LogP) is 3.70. The highest BCUT2D eigenvalue weighted by atomic mass is 32.2. The fraction of sp³-hybridized carbons (Fsp3) is 0.368. The van der Waals surface area contributed by atoms with E-state index in [4.69, 9.17) is 0 Å². The van der Waals surface area contributed by atoms with Crippen molar-refractivity contribution in [3.8, 4) is 5.69 Å². The van der Waals surface area contributed by atoms with Gasteiger partial charge in [0.1, 0.15) is 0 Å². The van der Waals surface area contributed by atoms with E-state index in [9.17, 15) is 4.79 Å². The molecular weight excluding hydrogens is 346 g/mol. The number of Topliss-reactive ketones (excluding diaryl/α,β-unsaturated/α-hetero) is 1. The molecule has 0 aliphatic heterocycles. The monoisotopic (exact) mass is 367 g/mol. The van der Waals surface area contributed by atoms with Crippen molar-refractivity contribution in [3.05, 3.63) is 52.8 Å². The maximum atomic E-state index is 12.8. The molecule has 1 aromatic carbocycles. The maximum absolute atomic E-state index is 12.8. The molecular formula is C19H21N5OS. The van der Waals surface area contributed by atoms with Gasteiger partial charge >= 0.3 is 0 Å². The molecule has 2 aromatic heterocycles. The molecule has 0 spiro atoms. The van der Waals surface area contributed by atoms with Crippen LogP contribution < -0.4 is 0 Å². The number of carbonyl (C=O) groups excluding carboxylic acids is 1. The van der Waals surface area contributed by atoms with E-state index in [0.29, 0.717) is 11.8 Å². The van der Waals surface area contributed by atoms with Crippen LogP contribution in [0.25, 0.3) is 5.69 Å². The van der Waals surface area contributed by atoms with E-state index in [-0.39, 0.29) is 5.78 Å². The second kappa shape index (κ2) is 6.72. The zero-order valence-electron chi connectivity index (χ0n) is 15.1. The number of rotatable bonds is 6. The number of hydrogen-bond acceptors (Lipinski definition) is 5. The second-order valence-electron chi connectivity index (χ2n) is 6.76. The van der Waals surface area contributed by atoms with Crippen LogP contribution in [0.2, 0.25) is 0 Å². The Kier molecular flexibility index (Phi) is 4.40. The van der Waals surface area contributed by atoms with Gasteiger partial charge in [-0.1, -0.05) is 30.0 Å². The Morgan fingerprint density at radius 2 is 2.00 bits per heavy atom. The van der Waals surface area contributed by atoms with Crippen molar-refractivity contribution in [1.29, 1.82) is 0 Å². The zero-order valence-corrected chi connectivity index (χ0v) is 16.0. The number of thioether (sulfide) groups is 1. The van der Waals surface area contributed by atoms with Gasteiger partial charge in [-0.15, -0.1) is 5.10 Å². The van der Waals surface area contributed by atoms with Gasteiger partial charge in [-0.3, -0.25) is 4.79 Å². The van der Waals surface area contributed by atoms with Crippen molar-refractivity contribution in [2.45, 2.75) is 44.8 Å². The molecule has 1 aliphatic rings. The van der Waals surface area contributed by atoms with Gasteiger partial charge in [0.2, 0.25) is 5.16 Å². The van der Waals surface area contributed by atoms with Crippen LogP contribution in [0.15, 0.2) is 35.5 Å². The third-order valence-corrected chi connectivity index (χ3v) is 5.71. The van der Waals surface area contributed by atoms with Crippen LogP contribution in [0.4, 0.5) is 0 Å². The normalized spacial score (nSPS) is 14.0. The number of carbonyl (C=O) groups is 1. The fourth-order valence-corrected chi connectivity index (χ4v) is 4.09. The van der Waals surface area contributed by atoms with Crippen molar-refractivity contribution >= 4 is 17.5 Å². The van der Waals surface area contributed by atoms with E-state index in [1.165, 1.54) is 17.3 Å². The fourth-order valence-electron chi connectivity index (χ4n) is 3.27. The molecule has 2 heterocycles. The summed E-state index contributed by atoms with van der Waals surface area (Å²) in [6.07, 6.45) is 2.23. The van der Waals surface area contributed by atoms with Crippen LogP contribution >= 0.6 is 11.8 Å². The van der Waals surface area contributed by atoms with E-state index < -0.39 is 0 Å². The number of benzene rings is 1. The summed E-state index contributed by atoms with van der Waals surface area (Å²) in [6, 6.07) is 10.6. The van der Waals surface area contributed by atoms with Crippen molar-refractivity contribution in [3.63, 3.8) is 0 Å². The molecule has 1 aliphatic carbocycles. The minimum atomic E-state index is 0.105. The highest BCUT2D eigenvalue weighted by Gasteiger charge is 2.28. The molecule has 4 rings (SSSR count). The highest BCUT2D eigenvalue weighted by molar-refractivity contribution is 7.99. The van der Waals surface area contributed by atoms with E-state index >= 15 is 0 Å². The first-order valence-corrected chi connectivity index (χ1v) is 9.73. The first-order chi connectivity index (χ1) is 12.6. The largest absolute Gasteiger partial charge is 0.318 e. The third-order valence-electron chi connectivity index (χ3n) is 4.78. The Morgan fingerprint density at radius 3 is 2.73 bits per heavy atom. The highest BCUT2D eigenvalue weighted by Crippen LogP contribution is 2.36.